The fraction of sp³-hybridized carbons (Fsp3) is 0.182. The van der Waals surface area contributed by atoms with Crippen LogP contribution < -0.4 is 0 Å². The minimum atomic E-state index is 0.808. The Morgan fingerprint density at radius 3 is 2.86 bits per heavy atom. The van der Waals surface area contributed by atoms with Crippen molar-refractivity contribution in [2.75, 3.05) is 0 Å². The average Bonchev–Trinajstić information content (AvgIpc) is 2.59. The van der Waals surface area contributed by atoms with Gasteiger partial charge in [0.15, 0.2) is 6.29 Å². The molecule has 1 aromatic carbocycles. The van der Waals surface area contributed by atoms with E-state index >= 15 is 0 Å². The summed E-state index contributed by atoms with van der Waals surface area (Å²) >= 11 is 4.02. The highest BCUT2D eigenvalue weighted by atomic mass is 127. The fourth-order valence-corrected chi connectivity index (χ4v) is 3.39. The SMILES string of the molecule is CCc1cc2c(C=O)cc(I)cc2s1. The number of benzene rings is 1. The first-order valence-electron chi connectivity index (χ1n) is 4.41. The highest BCUT2D eigenvalue weighted by Crippen LogP contribution is 2.29. The Kier molecular flexibility index (Phi) is 2.88. The van der Waals surface area contributed by atoms with Crippen LogP contribution in [-0.4, -0.2) is 6.29 Å². The van der Waals surface area contributed by atoms with E-state index in [2.05, 4.69) is 41.6 Å². The summed E-state index contributed by atoms with van der Waals surface area (Å²) in [7, 11) is 0. The zero-order valence-electron chi connectivity index (χ0n) is 7.71. The van der Waals surface area contributed by atoms with Crippen molar-refractivity contribution in [1.82, 2.24) is 0 Å². The molecule has 2 rings (SSSR count). The number of carbonyl (C=O) groups excluding carboxylic acids is 1. The first-order chi connectivity index (χ1) is 6.74. The lowest BCUT2D eigenvalue weighted by molar-refractivity contribution is 0.112. The summed E-state index contributed by atoms with van der Waals surface area (Å²) in [6.45, 7) is 2.14. The molecule has 1 aromatic heterocycles. The van der Waals surface area contributed by atoms with Gasteiger partial charge in [0.25, 0.3) is 0 Å². The molecule has 0 saturated heterocycles. The van der Waals surface area contributed by atoms with Crippen molar-refractivity contribution in [3.8, 4) is 0 Å². The van der Waals surface area contributed by atoms with Gasteiger partial charge in [0.1, 0.15) is 0 Å². The molecule has 2 aromatic rings. The fourth-order valence-electron chi connectivity index (χ4n) is 1.46. The van der Waals surface area contributed by atoms with Crippen LogP contribution in [0.4, 0.5) is 0 Å². The van der Waals surface area contributed by atoms with Crippen LogP contribution >= 0.6 is 33.9 Å². The maximum Gasteiger partial charge on any atom is 0.150 e. The lowest BCUT2D eigenvalue weighted by Gasteiger charge is -1.95. The molecule has 0 spiro atoms. The van der Waals surface area contributed by atoms with Crippen molar-refractivity contribution in [3.63, 3.8) is 0 Å². The van der Waals surface area contributed by atoms with Gasteiger partial charge in [-0.25, -0.2) is 0 Å². The molecule has 0 amide bonds. The van der Waals surface area contributed by atoms with Gasteiger partial charge in [-0.15, -0.1) is 11.3 Å². The Bertz CT molecular complexity index is 487. The van der Waals surface area contributed by atoms with E-state index in [0.717, 1.165) is 27.2 Å². The maximum atomic E-state index is 10.9. The maximum absolute atomic E-state index is 10.9. The summed E-state index contributed by atoms with van der Waals surface area (Å²) in [6, 6.07) is 6.19. The first-order valence-corrected chi connectivity index (χ1v) is 6.31. The number of hydrogen-bond acceptors (Lipinski definition) is 2. The number of carbonyl (C=O) groups is 1. The number of thiophene rings is 1. The van der Waals surface area contributed by atoms with Crippen molar-refractivity contribution < 1.29 is 4.79 Å². The Hall–Kier alpha value is -0.420. The molecule has 0 atom stereocenters. The number of hydrogen-bond donors (Lipinski definition) is 0. The van der Waals surface area contributed by atoms with E-state index in [1.165, 1.54) is 9.58 Å². The summed E-state index contributed by atoms with van der Waals surface area (Å²) < 4.78 is 2.34. The third kappa shape index (κ3) is 1.70. The van der Waals surface area contributed by atoms with Crippen molar-refractivity contribution in [3.05, 3.63) is 32.2 Å². The molecular weight excluding hydrogens is 307 g/mol. The molecule has 1 heterocycles. The van der Waals surface area contributed by atoms with E-state index in [1.807, 2.05) is 6.07 Å². The van der Waals surface area contributed by atoms with Gasteiger partial charge in [-0.05, 0) is 47.2 Å². The summed E-state index contributed by atoms with van der Waals surface area (Å²) in [5, 5.41) is 1.10. The molecule has 0 N–H and O–H groups in total. The second-order valence-electron chi connectivity index (χ2n) is 3.09. The Morgan fingerprint density at radius 2 is 2.21 bits per heavy atom. The van der Waals surface area contributed by atoms with Crippen LogP contribution in [-0.2, 0) is 6.42 Å². The summed E-state index contributed by atoms with van der Waals surface area (Å²) in [5.74, 6) is 0. The van der Waals surface area contributed by atoms with Crippen LogP contribution in [0.25, 0.3) is 10.1 Å². The predicted octanol–water partition coefficient (Wildman–Crippen LogP) is 3.88. The van der Waals surface area contributed by atoms with Crippen molar-refractivity contribution in [2.24, 2.45) is 0 Å². The predicted molar refractivity (Wildman–Crippen MR) is 69.3 cm³/mol. The number of halogens is 1. The van der Waals surface area contributed by atoms with Crippen LogP contribution in [0.2, 0.25) is 0 Å². The van der Waals surface area contributed by atoms with Crippen LogP contribution in [0.3, 0.4) is 0 Å². The van der Waals surface area contributed by atoms with Gasteiger partial charge in [-0.2, -0.15) is 0 Å². The number of fused-ring (bicyclic) bond motifs is 1. The third-order valence-corrected chi connectivity index (χ3v) is 4.01. The highest BCUT2D eigenvalue weighted by molar-refractivity contribution is 14.1. The quantitative estimate of drug-likeness (QED) is 0.607. The minimum Gasteiger partial charge on any atom is -0.298 e. The van der Waals surface area contributed by atoms with Gasteiger partial charge in [0.2, 0.25) is 0 Å². The molecule has 0 radical (unpaired) electrons. The van der Waals surface area contributed by atoms with Gasteiger partial charge in [-0.1, -0.05) is 6.92 Å². The number of aryl methyl sites for hydroxylation is 1. The molecule has 0 aliphatic heterocycles. The van der Waals surface area contributed by atoms with Gasteiger partial charge in [0.05, 0.1) is 0 Å². The molecule has 0 bridgehead atoms. The molecule has 0 aliphatic rings. The van der Waals surface area contributed by atoms with Gasteiger partial charge in [-0.3, -0.25) is 4.79 Å². The van der Waals surface area contributed by atoms with Crippen LogP contribution in [0, 0.1) is 3.57 Å². The van der Waals surface area contributed by atoms with E-state index in [-0.39, 0.29) is 0 Å². The van der Waals surface area contributed by atoms with Gasteiger partial charge in [0, 0.05) is 24.1 Å². The van der Waals surface area contributed by atoms with Crippen LogP contribution in [0.15, 0.2) is 18.2 Å². The van der Waals surface area contributed by atoms with Crippen LogP contribution in [0.1, 0.15) is 22.2 Å². The molecular formula is C11H9IOS. The Morgan fingerprint density at radius 1 is 1.43 bits per heavy atom. The molecule has 1 nitrogen and oxygen atoms in total. The number of aldehydes is 1. The first kappa shape index (κ1) is 10.1. The summed E-state index contributed by atoms with van der Waals surface area (Å²) in [6.07, 6.45) is 1.98. The zero-order valence-corrected chi connectivity index (χ0v) is 10.7. The highest BCUT2D eigenvalue weighted by Gasteiger charge is 2.06. The zero-order chi connectivity index (χ0) is 10.1. The molecule has 0 unspecified atom stereocenters. The van der Waals surface area contributed by atoms with E-state index in [9.17, 15) is 4.79 Å². The van der Waals surface area contributed by atoms with Gasteiger partial charge >= 0.3 is 0 Å². The van der Waals surface area contributed by atoms with E-state index in [0.29, 0.717) is 0 Å². The topological polar surface area (TPSA) is 17.1 Å². The molecule has 0 fully saturated rings. The standard InChI is InChI=1S/C11H9IOS/c1-2-9-5-10-7(6-13)3-8(12)4-11(10)14-9/h3-6H,2H2,1H3. The smallest absolute Gasteiger partial charge is 0.150 e. The third-order valence-electron chi connectivity index (χ3n) is 2.16. The average molecular weight is 316 g/mol. The second-order valence-corrected chi connectivity index (χ2v) is 5.50. The van der Waals surface area contributed by atoms with E-state index in [4.69, 9.17) is 0 Å². The summed E-state index contributed by atoms with van der Waals surface area (Å²) in [5.41, 5.74) is 0.808. The molecule has 14 heavy (non-hydrogen) atoms. The monoisotopic (exact) mass is 316 g/mol. The van der Waals surface area contributed by atoms with Crippen molar-refractivity contribution in [2.45, 2.75) is 13.3 Å². The van der Waals surface area contributed by atoms with Gasteiger partial charge < -0.3 is 0 Å². The summed E-state index contributed by atoms with van der Waals surface area (Å²) in [4.78, 5) is 12.2. The normalized spacial score (nSPS) is 10.7. The van der Waals surface area contributed by atoms with Crippen LogP contribution in [0.5, 0.6) is 0 Å². The molecule has 72 valence electrons. The second kappa shape index (κ2) is 3.98. The molecule has 0 saturated carbocycles. The van der Waals surface area contributed by atoms with Crippen molar-refractivity contribution in [1.29, 1.82) is 0 Å². The number of rotatable bonds is 2. The lowest BCUT2D eigenvalue weighted by Crippen LogP contribution is -1.81. The van der Waals surface area contributed by atoms with Crippen molar-refractivity contribution >= 4 is 50.3 Å². The van der Waals surface area contributed by atoms with E-state index < -0.39 is 0 Å². The Balaban J connectivity index is 2.77. The Labute approximate surface area is 100 Å². The molecule has 0 aliphatic carbocycles. The minimum absolute atomic E-state index is 0.808. The lowest BCUT2D eigenvalue weighted by atomic mass is 10.1. The molecule has 3 heteroatoms. The van der Waals surface area contributed by atoms with E-state index in [1.54, 1.807) is 11.3 Å². The largest absolute Gasteiger partial charge is 0.298 e.